The molecule has 0 saturated heterocycles. The normalized spacial score (nSPS) is 17.0. The van der Waals surface area contributed by atoms with Gasteiger partial charge < -0.3 is 24.4 Å². The van der Waals surface area contributed by atoms with Gasteiger partial charge in [-0.1, -0.05) is 12.1 Å². The van der Waals surface area contributed by atoms with Gasteiger partial charge >= 0.3 is 6.03 Å². The third-order valence-electron chi connectivity index (χ3n) is 7.12. The summed E-state index contributed by atoms with van der Waals surface area (Å²) in [4.78, 5) is 19.2. The molecule has 2 aromatic carbocycles. The number of benzene rings is 2. The van der Waals surface area contributed by atoms with Gasteiger partial charge in [0.2, 0.25) is 0 Å². The number of likely N-dealkylation sites (N-methyl/N-ethyl adjacent to an activating group) is 1. The maximum atomic E-state index is 14.5. The third kappa shape index (κ3) is 4.18. The number of nitrogens with one attached hydrogen (secondary N) is 1. The van der Waals surface area contributed by atoms with Crippen LogP contribution in [-0.2, 0) is 19.5 Å². The number of methoxy groups -OCH3 is 1. The van der Waals surface area contributed by atoms with E-state index >= 15 is 0 Å². The number of rotatable bonds is 3. The minimum Gasteiger partial charge on any atom is -0.497 e. The van der Waals surface area contributed by atoms with Crippen molar-refractivity contribution in [3.63, 3.8) is 0 Å². The zero-order valence-electron chi connectivity index (χ0n) is 20.5. The number of carbonyl (C=O) groups is 1. The lowest BCUT2D eigenvalue weighted by Gasteiger charge is -2.32. The van der Waals surface area contributed by atoms with Crippen molar-refractivity contribution in [2.75, 3.05) is 26.0 Å². The number of amides is 2. The molecule has 0 radical (unpaired) electrons. The number of halogens is 2. The second-order valence-corrected chi connectivity index (χ2v) is 10.5. The van der Waals surface area contributed by atoms with Crippen molar-refractivity contribution in [1.29, 1.82) is 0 Å². The van der Waals surface area contributed by atoms with Crippen molar-refractivity contribution in [3.8, 4) is 10.8 Å². The molecule has 0 bridgehead atoms. The van der Waals surface area contributed by atoms with Gasteiger partial charge in [-0.25, -0.2) is 13.6 Å². The molecule has 4 aromatic rings. The molecule has 9 heteroatoms. The Hall–Kier alpha value is -3.69. The van der Waals surface area contributed by atoms with E-state index in [4.69, 9.17) is 4.74 Å². The van der Waals surface area contributed by atoms with Crippen molar-refractivity contribution < 1.29 is 18.3 Å². The lowest BCUT2D eigenvalue weighted by Crippen LogP contribution is -2.38. The molecule has 2 aromatic heterocycles. The van der Waals surface area contributed by atoms with Crippen molar-refractivity contribution in [3.05, 3.63) is 99.7 Å². The van der Waals surface area contributed by atoms with E-state index < -0.39 is 23.7 Å². The largest absolute Gasteiger partial charge is 0.497 e. The number of fused-ring (bicyclic) bond motifs is 5. The van der Waals surface area contributed by atoms with Gasteiger partial charge in [0.15, 0.2) is 0 Å². The highest BCUT2D eigenvalue weighted by atomic mass is 32.1. The summed E-state index contributed by atoms with van der Waals surface area (Å²) < 4.78 is 35.9. The summed E-state index contributed by atoms with van der Waals surface area (Å²) in [6.07, 6.45) is 2.93. The molecule has 0 saturated carbocycles. The van der Waals surface area contributed by atoms with E-state index in [1.54, 1.807) is 23.3 Å². The lowest BCUT2D eigenvalue weighted by atomic mass is 10.00. The number of nitrogens with zero attached hydrogens (tertiary/aromatic N) is 3. The van der Waals surface area contributed by atoms with Crippen molar-refractivity contribution in [2.24, 2.45) is 0 Å². The molecule has 0 spiro atoms. The number of hydrogen-bond acceptors (Lipinski definition) is 4. The number of thiophene rings is 1. The van der Waals surface area contributed by atoms with Crippen LogP contribution in [0.3, 0.4) is 0 Å². The maximum absolute atomic E-state index is 14.5. The number of hydrogen-bond donors (Lipinski definition) is 1. The van der Waals surface area contributed by atoms with Gasteiger partial charge in [-0.2, -0.15) is 0 Å². The second kappa shape index (κ2) is 9.32. The Bertz CT molecular complexity index is 1480. The minimum absolute atomic E-state index is 0.188. The summed E-state index contributed by atoms with van der Waals surface area (Å²) in [5.41, 5.74) is 4.01. The third-order valence-corrected chi connectivity index (χ3v) is 8.38. The number of carbonyl (C=O) groups excluding carboxylic acids is 1. The quantitative estimate of drug-likeness (QED) is 0.363. The fraction of sp³-hybridized carbons (Fsp3) is 0.250. The SMILES string of the molecule is COc1ccc(C2c3cccn3-c3sc4c(c3CN2C(=O)Nc2cc(F)ccc2F)CCN(C)C4)cc1. The van der Waals surface area contributed by atoms with Crippen LogP contribution in [0.5, 0.6) is 5.75 Å². The number of ether oxygens (including phenoxy) is 1. The lowest BCUT2D eigenvalue weighted by molar-refractivity contribution is 0.194. The van der Waals surface area contributed by atoms with Gasteiger partial charge in [0.1, 0.15) is 22.4 Å². The Morgan fingerprint density at radius 3 is 2.68 bits per heavy atom. The average Bonchev–Trinajstić information content (AvgIpc) is 3.47. The van der Waals surface area contributed by atoms with Crippen LogP contribution < -0.4 is 10.1 Å². The van der Waals surface area contributed by atoms with Gasteiger partial charge in [-0.3, -0.25) is 0 Å². The van der Waals surface area contributed by atoms with Gasteiger partial charge in [0.25, 0.3) is 0 Å². The molecule has 2 aliphatic rings. The minimum atomic E-state index is -0.689. The summed E-state index contributed by atoms with van der Waals surface area (Å²) >= 11 is 1.76. The molecule has 2 amide bonds. The van der Waals surface area contributed by atoms with Crippen LogP contribution in [0.15, 0.2) is 60.8 Å². The Morgan fingerprint density at radius 1 is 1.08 bits per heavy atom. The van der Waals surface area contributed by atoms with E-state index in [0.717, 1.165) is 59.5 Å². The molecule has 190 valence electrons. The summed E-state index contributed by atoms with van der Waals surface area (Å²) in [6.45, 7) is 2.15. The predicted molar refractivity (Wildman–Crippen MR) is 139 cm³/mol. The van der Waals surface area contributed by atoms with Crippen molar-refractivity contribution in [1.82, 2.24) is 14.4 Å². The topological polar surface area (TPSA) is 49.7 Å². The van der Waals surface area contributed by atoms with E-state index in [2.05, 4.69) is 21.8 Å². The molecule has 1 unspecified atom stereocenters. The van der Waals surface area contributed by atoms with Crippen LogP contribution in [-0.4, -0.2) is 41.1 Å². The molecule has 4 heterocycles. The second-order valence-electron chi connectivity index (χ2n) is 9.44. The molecule has 6 rings (SSSR count). The fourth-order valence-corrected chi connectivity index (χ4v) is 6.71. The first-order valence-electron chi connectivity index (χ1n) is 12.1. The smallest absolute Gasteiger partial charge is 0.323 e. The Labute approximate surface area is 217 Å². The van der Waals surface area contributed by atoms with Crippen LogP contribution in [0.25, 0.3) is 5.00 Å². The van der Waals surface area contributed by atoms with E-state index in [1.807, 2.05) is 42.6 Å². The zero-order chi connectivity index (χ0) is 25.7. The summed E-state index contributed by atoms with van der Waals surface area (Å²) in [7, 11) is 3.72. The van der Waals surface area contributed by atoms with E-state index in [1.165, 1.54) is 10.4 Å². The van der Waals surface area contributed by atoms with Crippen LogP contribution >= 0.6 is 11.3 Å². The van der Waals surface area contributed by atoms with Crippen LogP contribution in [0, 0.1) is 11.6 Å². The summed E-state index contributed by atoms with van der Waals surface area (Å²) in [5.74, 6) is -0.597. The monoisotopic (exact) mass is 520 g/mol. The molecular formula is C28H26F2N4O2S. The van der Waals surface area contributed by atoms with Crippen LogP contribution in [0.1, 0.15) is 33.3 Å². The summed E-state index contributed by atoms with van der Waals surface area (Å²) in [5, 5.41) is 3.74. The average molecular weight is 521 g/mol. The van der Waals surface area contributed by atoms with E-state index in [-0.39, 0.29) is 5.69 Å². The highest BCUT2D eigenvalue weighted by Gasteiger charge is 2.36. The molecule has 0 fully saturated rings. The zero-order valence-corrected chi connectivity index (χ0v) is 21.3. The number of aromatic nitrogens is 1. The summed E-state index contributed by atoms with van der Waals surface area (Å²) in [6, 6.07) is 13.7. The maximum Gasteiger partial charge on any atom is 0.323 e. The first-order valence-corrected chi connectivity index (χ1v) is 12.9. The first-order chi connectivity index (χ1) is 17.9. The van der Waals surface area contributed by atoms with Crippen molar-refractivity contribution in [2.45, 2.75) is 25.6 Å². The van der Waals surface area contributed by atoms with E-state index in [9.17, 15) is 13.6 Å². The molecule has 1 N–H and O–H groups in total. The highest BCUT2D eigenvalue weighted by Crippen LogP contribution is 2.43. The van der Waals surface area contributed by atoms with Gasteiger partial charge in [-0.05, 0) is 61.0 Å². The molecule has 6 nitrogen and oxygen atoms in total. The highest BCUT2D eigenvalue weighted by molar-refractivity contribution is 7.15. The van der Waals surface area contributed by atoms with Crippen molar-refractivity contribution >= 4 is 23.1 Å². The van der Waals surface area contributed by atoms with Crippen LogP contribution in [0.2, 0.25) is 0 Å². The molecule has 37 heavy (non-hydrogen) atoms. The first kappa shape index (κ1) is 23.7. The van der Waals surface area contributed by atoms with E-state index in [0.29, 0.717) is 12.3 Å². The molecule has 1 atom stereocenters. The van der Waals surface area contributed by atoms with Gasteiger partial charge in [0.05, 0.1) is 31.1 Å². The van der Waals surface area contributed by atoms with Gasteiger partial charge in [0, 0.05) is 35.8 Å². The Morgan fingerprint density at radius 2 is 1.89 bits per heavy atom. The number of urea groups is 1. The molecular weight excluding hydrogens is 494 g/mol. The predicted octanol–water partition coefficient (Wildman–Crippen LogP) is 5.95. The van der Waals surface area contributed by atoms with Crippen LogP contribution in [0.4, 0.5) is 19.3 Å². The standard InChI is InChI=1S/C28H26F2N4O2S/c1-32-13-11-20-21-15-34(28(35)31-23-14-18(29)7-10-22(23)30)26(17-5-8-19(36-2)9-6-17)24-4-3-12-33(24)27(21)37-25(20)16-32/h3-10,12,14,26H,11,13,15-16H2,1-2H3,(H,31,35). The Balaban J connectivity index is 1.49. The number of anilines is 1. The molecule has 0 aliphatic carbocycles. The Kier molecular flexibility index (Phi) is 5.97. The fourth-order valence-electron chi connectivity index (χ4n) is 5.27. The van der Waals surface area contributed by atoms with Gasteiger partial charge in [-0.15, -0.1) is 11.3 Å². The molecule has 2 aliphatic heterocycles.